The maximum atomic E-state index is 12.2. The minimum atomic E-state index is -0.109. The normalized spacial score (nSPS) is 15.0. The molecule has 1 aliphatic rings. The average Bonchev–Trinajstić information content (AvgIpc) is 3.23. The lowest BCUT2D eigenvalue weighted by Gasteiger charge is -2.25. The van der Waals surface area contributed by atoms with Gasteiger partial charge in [-0.15, -0.1) is 0 Å². The number of nitrogens with one attached hydrogen (secondary N) is 2. The zero-order valence-electron chi connectivity index (χ0n) is 12.5. The van der Waals surface area contributed by atoms with E-state index in [1.165, 1.54) is 18.4 Å². The van der Waals surface area contributed by atoms with Gasteiger partial charge < -0.3 is 5.32 Å². The lowest BCUT2D eigenvalue weighted by molar-refractivity contribution is 0.0940. The molecule has 21 heavy (non-hydrogen) atoms. The summed E-state index contributed by atoms with van der Waals surface area (Å²) in [6.07, 6.45) is 2.40. The summed E-state index contributed by atoms with van der Waals surface area (Å²) >= 11 is 0. The number of nitrogens with zero attached hydrogens (tertiary/aromatic N) is 1. The number of aromatic nitrogens is 2. The average molecular weight is 283 g/mol. The molecule has 1 fully saturated rings. The first-order chi connectivity index (χ1) is 10.1. The van der Waals surface area contributed by atoms with E-state index < -0.39 is 0 Å². The lowest BCUT2D eigenvalue weighted by atomic mass is 9.84. The van der Waals surface area contributed by atoms with Gasteiger partial charge in [-0.3, -0.25) is 9.89 Å². The van der Waals surface area contributed by atoms with Crippen LogP contribution in [-0.4, -0.2) is 22.6 Å². The van der Waals surface area contributed by atoms with E-state index in [0.29, 0.717) is 18.2 Å². The zero-order valence-corrected chi connectivity index (χ0v) is 12.5. The maximum Gasteiger partial charge on any atom is 0.271 e. The van der Waals surface area contributed by atoms with Crippen molar-refractivity contribution in [2.24, 2.45) is 0 Å². The van der Waals surface area contributed by atoms with Gasteiger partial charge in [0.15, 0.2) is 0 Å². The second-order valence-electron chi connectivity index (χ2n) is 6.42. The summed E-state index contributed by atoms with van der Waals surface area (Å²) in [6, 6.07) is 12.1. The summed E-state index contributed by atoms with van der Waals surface area (Å²) in [5, 5.41) is 10.1. The maximum absolute atomic E-state index is 12.2. The van der Waals surface area contributed by atoms with Gasteiger partial charge in [0.25, 0.3) is 5.91 Å². The molecule has 0 spiro atoms. The summed E-state index contributed by atoms with van der Waals surface area (Å²) < 4.78 is 0. The molecule has 1 aromatic heterocycles. The van der Waals surface area contributed by atoms with Crippen molar-refractivity contribution in [3.63, 3.8) is 0 Å². The number of H-pyrrole nitrogens is 1. The number of hydrogen-bond donors (Lipinski definition) is 2. The van der Waals surface area contributed by atoms with Crippen LogP contribution in [0, 0.1) is 0 Å². The molecule has 4 heteroatoms. The molecular formula is C17H21N3O. The predicted molar refractivity (Wildman–Crippen MR) is 82.4 cm³/mol. The van der Waals surface area contributed by atoms with Crippen LogP contribution in [0.25, 0.3) is 0 Å². The highest BCUT2D eigenvalue weighted by atomic mass is 16.1. The van der Waals surface area contributed by atoms with E-state index in [4.69, 9.17) is 0 Å². The van der Waals surface area contributed by atoms with E-state index in [1.807, 2.05) is 24.3 Å². The van der Waals surface area contributed by atoms with E-state index in [1.54, 1.807) is 0 Å². The Labute approximate surface area is 125 Å². The van der Waals surface area contributed by atoms with Crippen LogP contribution in [0.15, 0.2) is 36.4 Å². The van der Waals surface area contributed by atoms with Gasteiger partial charge in [0.05, 0.1) is 0 Å². The Morgan fingerprint density at radius 1 is 1.33 bits per heavy atom. The van der Waals surface area contributed by atoms with Gasteiger partial charge >= 0.3 is 0 Å². The van der Waals surface area contributed by atoms with Gasteiger partial charge in [0, 0.05) is 23.6 Å². The molecule has 1 saturated carbocycles. The number of carbonyl (C=O) groups is 1. The van der Waals surface area contributed by atoms with E-state index in [2.05, 4.69) is 41.5 Å². The molecular weight excluding hydrogens is 262 g/mol. The number of benzene rings is 1. The molecule has 2 N–H and O–H groups in total. The standard InChI is InChI=1S/C17H21N3O/c1-17(2,13-6-4-3-5-7-13)11-18-16(21)15-10-14(19-20-15)12-8-9-12/h3-7,10,12H,8-9,11H2,1-2H3,(H,18,21)(H,19,20). The quantitative estimate of drug-likeness (QED) is 0.886. The van der Waals surface area contributed by atoms with Crippen molar-refractivity contribution in [2.75, 3.05) is 6.54 Å². The second kappa shape index (κ2) is 5.35. The summed E-state index contributed by atoms with van der Waals surface area (Å²) in [7, 11) is 0. The third-order valence-corrected chi connectivity index (χ3v) is 4.09. The van der Waals surface area contributed by atoms with Crippen LogP contribution in [0.1, 0.15) is 54.4 Å². The summed E-state index contributed by atoms with van der Waals surface area (Å²) in [5.74, 6) is 0.474. The second-order valence-corrected chi connectivity index (χ2v) is 6.42. The van der Waals surface area contributed by atoms with E-state index >= 15 is 0 Å². The third kappa shape index (κ3) is 3.15. The van der Waals surface area contributed by atoms with E-state index in [0.717, 1.165) is 5.69 Å². The first kappa shape index (κ1) is 13.9. The molecule has 1 aliphatic carbocycles. The molecule has 110 valence electrons. The Hall–Kier alpha value is -2.10. The number of hydrogen-bond acceptors (Lipinski definition) is 2. The summed E-state index contributed by atoms with van der Waals surface area (Å²) in [5.41, 5.74) is 2.68. The number of carbonyl (C=O) groups excluding carboxylic acids is 1. The molecule has 0 radical (unpaired) electrons. The van der Waals surface area contributed by atoms with Gasteiger partial charge in [-0.1, -0.05) is 44.2 Å². The number of amides is 1. The van der Waals surface area contributed by atoms with Crippen LogP contribution >= 0.6 is 0 Å². The van der Waals surface area contributed by atoms with Crippen molar-refractivity contribution in [2.45, 2.75) is 38.0 Å². The van der Waals surface area contributed by atoms with Crippen LogP contribution in [0.5, 0.6) is 0 Å². The number of aromatic amines is 1. The fourth-order valence-electron chi connectivity index (χ4n) is 2.44. The summed E-state index contributed by atoms with van der Waals surface area (Å²) in [4.78, 5) is 12.2. The van der Waals surface area contributed by atoms with Crippen molar-refractivity contribution >= 4 is 5.91 Å². The molecule has 0 aliphatic heterocycles. The Kier molecular flexibility index (Phi) is 3.53. The smallest absolute Gasteiger partial charge is 0.271 e. The van der Waals surface area contributed by atoms with Crippen LogP contribution < -0.4 is 5.32 Å². The van der Waals surface area contributed by atoms with Gasteiger partial charge in [0.1, 0.15) is 5.69 Å². The van der Waals surface area contributed by atoms with Gasteiger partial charge in [-0.25, -0.2) is 0 Å². The van der Waals surface area contributed by atoms with Crippen LogP contribution in [0.3, 0.4) is 0 Å². The minimum absolute atomic E-state index is 0.105. The molecule has 3 rings (SSSR count). The highest BCUT2D eigenvalue weighted by Gasteiger charge is 2.27. The van der Waals surface area contributed by atoms with Crippen molar-refractivity contribution in [3.8, 4) is 0 Å². The predicted octanol–water partition coefficient (Wildman–Crippen LogP) is 2.99. The van der Waals surface area contributed by atoms with Gasteiger partial charge in [0.2, 0.25) is 0 Å². The van der Waals surface area contributed by atoms with Crippen molar-refractivity contribution in [1.29, 1.82) is 0 Å². The molecule has 0 atom stereocenters. The lowest BCUT2D eigenvalue weighted by Crippen LogP contribution is -2.36. The van der Waals surface area contributed by atoms with Gasteiger partial charge in [-0.05, 0) is 24.5 Å². The first-order valence-corrected chi connectivity index (χ1v) is 7.45. The Balaban J connectivity index is 1.62. The fourth-order valence-corrected chi connectivity index (χ4v) is 2.44. The number of rotatable bonds is 5. The monoisotopic (exact) mass is 283 g/mol. The first-order valence-electron chi connectivity index (χ1n) is 7.45. The van der Waals surface area contributed by atoms with Crippen LogP contribution in [0.2, 0.25) is 0 Å². The molecule has 0 bridgehead atoms. The topological polar surface area (TPSA) is 57.8 Å². The van der Waals surface area contributed by atoms with Crippen LogP contribution in [-0.2, 0) is 5.41 Å². The van der Waals surface area contributed by atoms with Crippen molar-refractivity contribution in [1.82, 2.24) is 15.5 Å². The molecule has 1 heterocycles. The van der Waals surface area contributed by atoms with Crippen molar-refractivity contribution in [3.05, 3.63) is 53.3 Å². The Bertz CT molecular complexity index is 626. The largest absolute Gasteiger partial charge is 0.350 e. The highest BCUT2D eigenvalue weighted by molar-refractivity contribution is 5.92. The fraction of sp³-hybridized carbons (Fsp3) is 0.412. The molecule has 0 saturated heterocycles. The zero-order chi connectivity index (χ0) is 14.9. The Morgan fingerprint density at radius 3 is 2.71 bits per heavy atom. The molecule has 1 amide bonds. The van der Waals surface area contributed by atoms with Crippen LogP contribution in [0.4, 0.5) is 0 Å². The van der Waals surface area contributed by atoms with Crippen molar-refractivity contribution < 1.29 is 4.79 Å². The minimum Gasteiger partial charge on any atom is -0.350 e. The SMILES string of the molecule is CC(C)(CNC(=O)c1cc(C2CC2)[nH]n1)c1ccccc1. The third-order valence-electron chi connectivity index (χ3n) is 4.09. The van der Waals surface area contributed by atoms with Gasteiger partial charge in [-0.2, -0.15) is 5.10 Å². The highest BCUT2D eigenvalue weighted by Crippen LogP contribution is 2.38. The Morgan fingerprint density at radius 2 is 2.05 bits per heavy atom. The summed E-state index contributed by atoms with van der Waals surface area (Å²) in [6.45, 7) is 4.84. The molecule has 4 nitrogen and oxygen atoms in total. The van der Waals surface area contributed by atoms with E-state index in [-0.39, 0.29) is 11.3 Å². The molecule has 1 aromatic carbocycles. The van der Waals surface area contributed by atoms with E-state index in [9.17, 15) is 4.79 Å². The molecule has 2 aromatic rings. The molecule has 0 unspecified atom stereocenters.